The van der Waals surface area contributed by atoms with Crippen LogP contribution in [0.3, 0.4) is 0 Å². The Morgan fingerprint density at radius 1 is 0.594 bits per heavy atom. The van der Waals surface area contributed by atoms with Crippen LogP contribution in [0.25, 0.3) is 0 Å². The Morgan fingerprint density at radius 2 is 0.969 bits per heavy atom. The van der Waals surface area contributed by atoms with Crippen molar-refractivity contribution in [2.75, 3.05) is 19.8 Å². The highest BCUT2D eigenvalue weighted by molar-refractivity contribution is 6.60. The molecule has 0 aliphatic carbocycles. The summed E-state index contributed by atoms with van der Waals surface area (Å²) in [5, 5.41) is 0. The minimum Gasteiger partial charge on any atom is -0.374 e. The molecule has 0 radical (unpaired) electrons. The first-order valence-corrected chi connectivity index (χ1v) is 16.3. The lowest BCUT2D eigenvalue weighted by molar-refractivity contribution is 0.0701. The average molecular weight is 493 g/mol. The molecule has 3 nitrogen and oxygen atoms in total. The Morgan fingerprint density at radius 3 is 1.34 bits per heavy atom. The Labute approximate surface area is 208 Å². The Kier molecular flexibility index (Phi) is 21.0. The third kappa shape index (κ3) is 16.9. The van der Waals surface area contributed by atoms with Gasteiger partial charge in [-0.3, -0.25) is 0 Å². The van der Waals surface area contributed by atoms with Crippen LogP contribution >= 0.6 is 11.6 Å². The molecule has 5 heteroatoms. The van der Waals surface area contributed by atoms with Crippen molar-refractivity contribution < 1.29 is 13.3 Å². The van der Waals surface area contributed by atoms with Crippen molar-refractivity contribution in [1.29, 1.82) is 0 Å². The second-order valence-corrected chi connectivity index (χ2v) is 13.5. The van der Waals surface area contributed by atoms with Crippen LogP contribution in [0.5, 0.6) is 0 Å². The molecule has 0 fully saturated rings. The van der Waals surface area contributed by atoms with Crippen LogP contribution < -0.4 is 0 Å². The van der Waals surface area contributed by atoms with E-state index in [1.54, 1.807) is 0 Å². The highest BCUT2D eigenvalue weighted by Crippen LogP contribution is 2.34. The van der Waals surface area contributed by atoms with E-state index in [9.17, 15) is 0 Å². The van der Waals surface area contributed by atoms with E-state index in [1.807, 2.05) is 20.8 Å². The molecule has 0 saturated carbocycles. The molecule has 0 aromatic heterocycles. The van der Waals surface area contributed by atoms with Crippen LogP contribution in [0.4, 0.5) is 0 Å². The van der Waals surface area contributed by atoms with E-state index >= 15 is 0 Å². The highest BCUT2D eigenvalue weighted by atomic mass is 35.5. The highest BCUT2D eigenvalue weighted by Gasteiger charge is 2.40. The summed E-state index contributed by atoms with van der Waals surface area (Å²) in [6, 6.07) is 0.893. The van der Waals surface area contributed by atoms with E-state index in [1.165, 1.54) is 83.5 Å². The maximum absolute atomic E-state index is 6.79. The number of unbranched alkanes of at least 4 members (excludes halogenated alkanes) is 11. The van der Waals surface area contributed by atoms with Crippen LogP contribution in [0.1, 0.15) is 138 Å². The summed E-state index contributed by atoms with van der Waals surface area (Å²) in [5.74, 6) is 0.531. The quantitative estimate of drug-likeness (QED) is 0.0762. The summed E-state index contributed by atoms with van der Waals surface area (Å²) < 4.78 is 18.1. The van der Waals surface area contributed by atoms with Gasteiger partial charge >= 0.3 is 8.80 Å². The molecule has 0 amide bonds. The number of hydrogen-bond donors (Lipinski definition) is 0. The van der Waals surface area contributed by atoms with Gasteiger partial charge in [-0.1, -0.05) is 84.0 Å². The maximum Gasteiger partial charge on any atom is 0.500 e. The zero-order valence-corrected chi connectivity index (χ0v) is 24.4. The van der Waals surface area contributed by atoms with Crippen molar-refractivity contribution in [3.05, 3.63) is 0 Å². The molecule has 0 aromatic rings. The van der Waals surface area contributed by atoms with Gasteiger partial charge in [-0.15, -0.1) is 11.6 Å². The van der Waals surface area contributed by atoms with Gasteiger partial charge in [-0.05, 0) is 59.8 Å². The van der Waals surface area contributed by atoms with Gasteiger partial charge in [-0.2, -0.15) is 0 Å². The standard InChI is InChI=1S/C27H57ClO3Si/c1-7-11-12-13-14-15-16-17-18-19-20-21-23-26(27(5,6)28)24-22-25-32(29-8-2,30-9-3)31-10-4/h26H,7-25H2,1-6H3. The second kappa shape index (κ2) is 20.7. The van der Waals surface area contributed by atoms with E-state index in [0.29, 0.717) is 25.7 Å². The summed E-state index contributed by atoms with van der Waals surface area (Å²) in [6.07, 6.45) is 20.1. The molecule has 0 spiro atoms. The molecule has 1 atom stereocenters. The van der Waals surface area contributed by atoms with E-state index in [2.05, 4.69) is 20.8 Å². The van der Waals surface area contributed by atoms with Crippen LogP contribution in [-0.4, -0.2) is 33.5 Å². The fourth-order valence-electron chi connectivity index (χ4n) is 4.63. The number of alkyl halides is 1. The summed E-state index contributed by atoms with van der Waals surface area (Å²) in [4.78, 5) is -0.162. The molecule has 0 aliphatic rings. The van der Waals surface area contributed by atoms with Crippen LogP contribution in [0, 0.1) is 5.92 Å². The van der Waals surface area contributed by atoms with E-state index in [4.69, 9.17) is 24.9 Å². The largest absolute Gasteiger partial charge is 0.500 e. The summed E-state index contributed by atoms with van der Waals surface area (Å²) in [5.41, 5.74) is 0. The smallest absolute Gasteiger partial charge is 0.374 e. The van der Waals surface area contributed by atoms with Crippen molar-refractivity contribution >= 4 is 20.4 Å². The van der Waals surface area contributed by atoms with Gasteiger partial charge in [0, 0.05) is 30.7 Å². The molecule has 0 aliphatic heterocycles. The molecule has 0 saturated heterocycles. The molecule has 0 rings (SSSR count). The normalized spacial score (nSPS) is 13.6. The van der Waals surface area contributed by atoms with Crippen molar-refractivity contribution in [2.45, 2.75) is 149 Å². The molecule has 32 heavy (non-hydrogen) atoms. The van der Waals surface area contributed by atoms with Gasteiger partial charge in [0.15, 0.2) is 0 Å². The van der Waals surface area contributed by atoms with Gasteiger partial charge in [-0.25, -0.2) is 0 Å². The number of halogens is 1. The average Bonchev–Trinajstić information content (AvgIpc) is 2.73. The number of rotatable bonds is 24. The van der Waals surface area contributed by atoms with E-state index in [0.717, 1.165) is 18.9 Å². The Bertz CT molecular complexity index is 384. The molecule has 1 unspecified atom stereocenters. The molecule has 194 valence electrons. The minimum absolute atomic E-state index is 0.162. The van der Waals surface area contributed by atoms with Gasteiger partial charge in [0.05, 0.1) is 0 Å². The Hall–Kier alpha value is 0.387. The minimum atomic E-state index is -2.53. The van der Waals surface area contributed by atoms with Crippen LogP contribution in [0.2, 0.25) is 6.04 Å². The first-order chi connectivity index (χ1) is 15.3. The predicted octanol–water partition coefficient (Wildman–Crippen LogP) is 9.54. The zero-order chi connectivity index (χ0) is 24.1. The van der Waals surface area contributed by atoms with Crippen molar-refractivity contribution in [1.82, 2.24) is 0 Å². The molecular formula is C27H57ClO3Si. The lowest BCUT2D eigenvalue weighted by Crippen LogP contribution is -2.46. The topological polar surface area (TPSA) is 27.7 Å². The molecule has 0 aromatic carbocycles. The molecule has 0 bridgehead atoms. The monoisotopic (exact) mass is 492 g/mol. The van der Waals surface area contributed by atoms with E-state index < -0.39 is 8.80 Å². The molecular weight excluding hydrogens is 436 g/mol. The first-order valence-electron chi connectivity index (χ1n) is 14.0. The summed E-state index contributed by atoms with van der Waals surface area (Å²) >= 11 is 6.79. The van der Waals surface area contributed by atoms with E-state index in [-0.39, 0.29) is 4.87 Å². The second-order valence-electron chi connectivity index (χ2n) is 9.81. The number of hydrogen-bond acceptors (Lipinski definition) is 3. The van der Waals surface area contributed by atoms with Crippen LogP contribution in [0.15, 0.2) is 0 Å². The molecule has 0 heterocycles. The Balaban J connectivity index is 4.13. The zero-order valence-electron chi connectivity index (χ0n) is 22.6. The lowest BCUT2D eigenvalue weighted by Gasteiger charge is -2.31. The van der Waals surface area contributed by atoms with Crippen molar-refractivity contribution in [3.63, 3.8) is 0 Å². The third-order valence-electron chi connectivity index (χ3n) is 6.51. The van der Waals surface area contributed by atoms with Gasteiger partial charge in [0.2, 0.25) is 0 Å². The summed E-state index contributed by atoms with van der Waals surface area (Å²) in [7, 11) is -2.53. The predicted molar refractivity (Wildman–Crippen MR) is 144 cm³/mol. The van der Waals surface area contributed by atoms with Gasteiger partial charge in [0.25, 0.3) is 0 Å². The van der Waals surface area contributed by atoms with Crippen molar-refractivity contribution in [3.8, 4) is 0 Å². The van der Waals surface area contributed by atoms with Gasteiger partial charge < -0.3 is 13.3 Å². The first kappa shape index (κ1) is 32.4. The molecule has 0 N–H and O–H groups in total. The van der Waals surface area contributed by atoms with Gasteiger partial charge in [0.1, 0.15) is 0 Å². The van der Waals surface area contributed by atoms with Crippen LogP contribution in [-0.2, 0) is 13.3 Å². The fourth-order valence-corrected chi connectivity index (χ4v) is 7.49. The SMILES string of the molecule is CCCCCCCCCCCCCCC(CCC[Si](OCC)(OCC)OCC)C(C)(C)Cl. The third-order valence-corrected chi connectivity index (χ3v) is 9.97. The fraction of sp³-hybridized carbons (Fsp3) is 1.00. The summed E-state index contributed by atoms with van der Waals surface area (Å²) in [6.45, 7) is 14.7. The maximum atomic E-state index is 6.79. The lowest BCUT2D eigenvalue weighted by atomic mass is 9.86. The van der Waals surface area contributed by atoms with Crippen molar-refractivity contribution in [2.24, 2.45) is 5.92 Å².